The molecule has 3 aromatic rings. The van der Waals surface area contributed by atoms with Crippen LogP contribution in [0.2, 0.25) is 0 Å². The van der Waals surface area contributed by atoms with Gasteiger partial charge in [0.15, 0.2) is 5.82 Å². The van der Waals surface area contributed by atoms with E-state index in [4.69, 9.17) is 0 Å². The third-order valence-electron chi connectivity index (χ3n) is 6.10. The van der Waals surface area contributed by atoms with Crippen LogP contribution in [0.15, 0.2) is 54.9 Å². The van der Waals surface area contributed by atoms with Crippen LogP contribution in [-0.2, 0) is 11.3 Å². The first-order valence-corrected chi connectivity index (χ1v) is 10.5. The number of nitriles is 1. The van der Waals surface area contributed by atoms with E-state index in [1.54, 1.807) is 6.33 Å². The van der Waals surface area contributed by atoms with Gasteiger partial charge in [-0.15, -0.1) is 10.2 Å². The fourth-order valence-electron chi connectivity index (χ4n) is 4.29. The Kier molecular flexibility index (Phi) is 4.80. The predicted molar refractivity (Wildman–Crippen MR) is 113 cm³/mol. The molecule has 1 atom stereocenters. The molecular weight excluding hydrogens is 374 g/mol. The molecule has 2 aromatic carbocycles. The molecule has 1 aliphatic heterocycles. The lowest BCUT2D eigenvalue weighted by Crippen LogP contribution is -2.30. The van der Waals surface area contributed by atoms with Gasteiger partial charge >= 0.3 is 0 Å². The van der Waals surface area contributed by atoms with Gasteiger partial charge in [-0.05, 0) is 42.4 Å². The summed E-state index contributed by atoms with van der Waals surface area (Å²) >= 11 is 0. The van der Waals surface area contributed by atoms with Gasteiger partial charge in [0.25, 0.3) is 0 Å². The zero-order valence-corrected chi connectivity index (χ0v) is 16.7. The highest BCUT2D eigenvalue weighted by Crippen LogP contribution is 2.33. The van der Waals surface area contributed by atoms with Crippen molar-refractivity contribution in [1.29, 1.82) is 5.26 Å². The number of rotatable bonds is 5. The van der Waals surface area contributed by atoms with Crippen molar-refractivity contribution < 1.29 is 4.79 Å². The number of benzene rings is 2. The Morgan fingerprint density at radius 2 is 1.83 bits per heavy atom. The molecule has 5 rings (SSSR count). The van der Waals surface area contributed by atoms with E-state index in [0.29, 0.717) is 23.3 Å². The number of likely N-dealkylation sites (tertiary alicyclic amines) is 1. The summed E-state index contributed by atoms with van der Waals surface area (Å²) in [6.45, 7) is 2.51. The molecule has 30 heavy (non-hydrogen) atoms. The van der Waals surface area contributed by atoms with Crippen LogP contribution in [0.1, 0.15) is 24.8 Å². The van der Waals surface area contributed by atoms with E-state index >= 15 is 0 Å². The maximum atomic E-state index is 12.3. The highest BCUT2D eigenvalue weighted by atomic mass is 16.2. The smallest absolute Gasteiger partial charge is 0.225 e. The summed E-state index contributed by atoms with van der Waals surface area (Å²) in [5, 5.41) is 17.8. The molecule has 6 heteroatoms. The van der Waals surface area contributed by atoms with E-state index in [9.17, 15) is 10.1 Å². The van der Waals surface area contributed by atoms with Crippen molar-refractivity contribution in [3.05, 3.63) is 60.4 Å². The van der Waals surface area contributed by atoms with Gasteiger partial charge in [0, 0.05) is 31.1 Å². The molecule has 2 heterocycles. The van der Waals surface area contributed by atoms with Gasteiger partial charge in [0.2, 0.25) is 5.91 Å². The maximum absolute atomic E-state index is 12.3. The predicted octanol–water partition coefficient (Wildman–Crippen LogP) is 3.74. The van der Waals surface area contributed by atoms with E-state index < -0.39 is 0 Å². The molecule has 0 spiro atoms. The van der Waals surface area contributed by atoms with Gasteiger partial charge in [0.1, 0.15) is 6.33 Å². The van der Waals surface area contributed by atoms with E-state index in [1.165, 1.54) is 0 Å². The molecule has 0 radical (unpaired) electrons. The maximum Gasteiger partial charge on any atom is 0.225 e. The van der Waals surface area contributed by atoms with Gasteiger partial charge in [-0.1, -0.05) is 42.5 Å². The molecule has 0 unspecified atom stereocenters. The van der Waals surface area contributed by atoms with Crippen molar-refractivity contribution in [2.75, 3.05) is 13.1 Å². The van der Waals surface area contributed by atoms with Gasteiger partial charge < -0.3 is 9.47 Å². The van der Waals surface area contributed by atoms with Crippen LogP contribution in [0, 0.1) is 23.2 Å². The number of carbonyl (C=O) groups excluding carboxylic acids is 1. The van der Waals surface area contributed by atoms with Crippen molar-refractivity contribution in [2.24, 2.45) is 11.8 Å². The first-order chi connectivity index (χ1) is 14.7. The highest BCUT2D eigenvalue weighted by molar-refractivity contribution is 5.81. The lowest BCUT2D eigenvalue weighted by atomic mass is 9.99. The minimum atomic E-state index is 0.291. The molecule has 1 aliphatic carbocycles. The second-order valence-electron chi connectivity index (χ2n) is 8.25. The summed E-state index contributed by atoms with van der Waals surface area (Å²) in [5.41, 5.74) is 3.60. The summed E-state index contributed by atoms with van der Waals surface area (Å²) < 4.78 is 2.09. The third kappa shape index (κ3) is 3.59. The second-order valence-corrected chi connectivity index (χ2v) is 8.25. The number of hydrogen-bond donors (Lipinski definition) is 0. The molecule has 1 saturated heterocycles. The van der Waals surface area contributed by atoms with E-state index in [0.717, 1.165) is 61.4 Å². The third-order valence-corrected chi connectivity index (χ3v) is 6.10. The minimum Gasteiger partial charge on any atom is -0.342 e. The monoisotopic (exact) mass is 397 g/mol. The Morgan fingerprint density at radius 3 is 2.60 bits per heavy atom. The number of amides is 1. The highest BCUT2D eigenvalue weighted by Gasteiger charge is 2.36. The number of aromatic nitrogens is 3. The molecule has 1 amide bonds. The molecule has 1 saturated carbocycles. The largest absolute Gasteiger partial charge is 0.342 e. The van der Waals surface area contributed by atoms with Gasteiger partial charge in [0.05, 0.1) is 11.6 Å². The Labute approximate surface area is 175 Å². The van der Waals surface area contributed by atoms with Crippen molar-refractivity contribution in [1.82, 2.24) is 19.7 Å². The molecule has 0 N–H and O–H groups in total. The van der Waals surface area contributed by atoms with E-state index in [-0.39, 0.29) is 0 Å². The van der Waals surface area contributed by atoms with Gasteiger partial charge in [-0.3, -0.25) is 4.79 Å². The van der Waals surface area contributed by atoms with Crippen LogP contribution in [0.3, 0.4) is 0 Å². The molecule has 1 aromatic heterocycles. The molecule has 0 bridgehead atoms. The van der Waals surface area contributed by atoms with Crippen LogP contribution in [0.25, 0.3) is 22.5 Å². The first-order valence-electron chi connectivity index (χ1n) is 10.5. The quantitative estimate of drug-likeness (QED) is 0.657. The van der Waals surface area contributed by atoms with Crippen LogP contribution in [-0.4, -0.2) is 38.7 Å². The SMILES string of the molecule is N#Cc1ccccc1-c1ccc(-c2nncn2C[C@@H]2CCN(C(=O)C3CC3)C2)cc1. The van der Waals surface area contributed by atoms with Crippen LogP contribution >= 0.6 is 0 Å². The zero-order chi connectivity index (χ0) is 20.5. The average molecular weight is 397 g/mol. The van der Waals surface area contributed by atoms with Crippen LogP contribution in [0.5, 0.6) is 0 Å². The van der Waals surface area contributed by atoms with Gasteiger partial charge in [-0.2, -0.15) is 5.26 Å². The lowest BCUT2D eigenvalue weighted by molar-refractivity contribution is -0.131. The average Bonchev–Trinajstić information content (AvgIpc) is 3.37. The number of nitrogens with zero attached hydrogens (tertiary/aromatic N) is 5. The first kappa shape index (κ1) is 18.6. The van der Waals surface area contributed by atoms with Gasteiger partial charge in [-0.25, -0.2) is 0 Å². The van der Waals surface area contributed by atoms with Crippen molar-refractivity contribution >= 4 is 5.91 Å². The van der Waals surface area contributed by atoms with Crippen LogP contribution < -0.4 is 0 Å². The molecule has 6 nitrogen and oxygen atoms in total. The number of carbonyl (C=O) groups is 1. The fourth-order valence-corrected chi connectivity index (χ4v) is 4.29. The zero-order valence-electron chi connectivity index (χ0n) is 16.7. The summed E-state index contributed by atoms with van der Waals surface area (Å²) in [5.74, 6) is 1.90. The normalized spacial score (nSPS) is 18.4. The summed E-state index contributed by atoms with van der Waals surface area (Å²) in [6.07, 6.45) is 4.93. The molecule has 150 valence electrons. The second kappa shape index (κ2) is 7.75. The van der Waals surface area contributed by atoms with E-state index in [2.05, 4.69) is 20.8 Å². The molecule has 2 aliphatic rings. The molecule has 2 fully saturated rings. The lowest BCUT2D eigenvalue weighted by Gasteiger charge is -2.17. The Bertz CT molecular complexity index is 1110. The Hall–Kier alpha value is -3.46. The topological polar surface area (TPSA) is 74.8 Å². The van der Waals surface area contributed by atoms with Crippen molar-refractivity contribution in [3.8, 4) is 28.6 Å². The summed E-state index contributed by atoms with van der Waals surface area (Å²) in [6, 6.07) is 18.0. The summed E-state index contributed by atoms with van der Waals surface area (Å²) in [4.78, 5) is 14.3. The standard InChI is InChI=1S/C24H23N5O/c25-13-21-3-1-2-4-22(21)18-5-7-19(8-6-18)23-27-26-16-29(23)15-17-11-12-28(14-17)24(30)20-9-10-20/h1-8,16-17,20H,9-12,14-15H2/t17-/m1/s1. The summed E-state index contributed by atoms with van der Waals surface area (Å²) in [7, 11) is 0. The Morgan fingerprint density at radius 1 is 1.07 bits per heavy atom. The minimum absolute atomic E-state index is 0.291. The van der Waals surface area contributed by atoms with Crippen molar-refractivity contribution in [3.63, 3.8) is 0 Å². The fraction of sp³-hybridized carbons (Fsp3) is 0.333. The van der Waals surface area contributed by atoms with Crippen LogP contribution in [0.4, 0.5) is 0 Å². The Balaban J connectivity index is 1.31. The van der Waals surface area contributed by atoms with Crippen molar-refractivity contribution in [2.45, 2.75) is 25.8 Å². The number of hydrogen-bond acceptors (Lipinski definition) is 4. The van der Waals surface area contributed by atoms with E-state index in [1.807, 2.05) is 53.4 Å². The molecular formula is C24H23N5O.